The number of rotatable bonds is 4. The molecule has 0 unspecified atom stereocenters. The van der Waals surface area contributed by atoms with E-state index in [1.807, 2.05) is 0 Å². The zero-order valence-corrected chi connectivity index (χ0v) is 7.24. The predicted molar refractivity (Wildman–Crippen MR) is 50.9 cm³/mol. The van der Waals surface area contributed by atoms with Crippen molar-refractivity contribution in [3.05, 3.63) is 0 Å². The van der Waals surface area contributed by atoms with Crippen LogP contribution in [-0.2, 0) is 0 Å². The topological polar surface area (TPSA) is 52.0 Å². The predicted octanol–water partition coefficient (Wildman–Crippen LogP) is 0.292. The second-order valence-corrected chi connectivity index (χ2v) is 3.46. The maximum absolute atomic E-state index is 5.21. The average molecular weight is 180 g/mol. The van der Waals surface area contributed by atoms with Crippen molar-refractivity contribution in [2.75, 3.05) is 11.5 Å². The van der Waals surface area contributed by atoms with E-state index in [1.165, 1.54) is 11.8 Å². The molecule has 0 bridgehead atoms. The van der Waals surface area contributed by atoms with Crippen LogP contribution >= 0.6 is 36.2 Å². The minimum absolute atomic E-state index is 0.497. The third-order valence-electron chi connectivity index (χ3n) is 0.489. The maximum atomic E-state index is 5.21. The Labute approximate surface area is 69.4 Å². The van der Waals surface area contributed by atoms with Gasteiger partial charge >= 0.3 is 0 Å². The van der Waals surface area contributed by atoms with E-state index in [-0.39, 0.29) is 0 Å². The molecule has 0 amide bonds. The number of thiocarbonyl (C=S) groups is 2. The van der Waals surface area contributed by atoms with E-state index in [0.717, 1.165) is 0 Å². The van der Waals surface area contributed by atoms with E-state index < -0.39 is 0 Å². The van der Waals surface area contributed by atoms with Gasteiger partial charge in [-0.1, -0.05) is 24.4 Å². The lowest BCUT2D eigenvalue weighted by atomic mass is 10.8. The minimum Gasteiger partial charge on any atom is -0.393 e. The van der Waals surface area contributed by atoms with Gasteiger partial charge in [0.15, 0.2) is 0 Å². The molecule has 0 aliphatic rings. The summed E-state index contributed by atoms with van der Waals surface area (Å²) in [6, 6.07) is 0. The van der Waals surface area contributed by atoms with E-state index >= 15 is 0 Å². The average Bonchev–Trinajstić information content (AvgIpc) is 1.63. The van der Waals surface area contributed by atoms with Gasteiger partial charge in [0.25, 0.3) is 0 Å². The quantitative estimate of drug-likeness (QED) is 0.609. The summed E-state index contributed by atoms with van der Waals surface area (Å²) in [6.07, 6.45) is 0. The van der Waals surface area contributed by atoms with E-state index in [1.54, 1.807) is 0 Å². The van der Waals surface area contributed by atoms with Gasteiger partial charge in [-0.3, -0.25) is 0 Å². The third-order valence-corrected chi connectivity index (χ3v) is 2.17. The summed E-state index contributed by atoms with van der Waals surface area (Å²) in [5.41, 5.74) is 10.4. The second-order valence-electron chi connectivity index (χ2n) is 1.43. The van der Waals surface area contributed by atoms with Crippen LogP contribution in [0.5, 0.6) is 0 Å². The van der Waals surface area contributed by atoms with Gasteiger partial charge in [0.05, 0.1) is 9.98 Å². The Morgan fingerprint density at radius 3 is 1.67 bits per heavy atom. The van der Waals surface area contributed by atoms with Gasteiger partial charge < -0.3 is 11.5 Å². The van der Waals surface area contributed by atoms with E-state index in [4.69, 9.17) is 11.5 Å². The molecule has 0 atom stereocenters. The lowest BCUT2D eigenvalue weighted by Crippen LogP contribution is -2.15. The van der Waals surface area contributed by atoms with Crippen molar-refractivity contribution in [2.45, 2.75) is 0 Å². The Morgan fingerprint density at radius 2 is 1.44 bits per heavy atom. The highest BCUT2D eigenvalue weighted by Crippen LogP contribution is 1.97. The van der Waals surface area contributed by atoms with Gasteiger partial charge in [-0.25, -0.2) is 0 Å². The van der Waals surface area contributed by atoms with Crippen LogP contribution in [0.2, 0.25) is 0 Å². The summed E-state index contributed by atoms with van der Waals surface area (Å²) in [6.45, 7) is 0. The number of nitrogens with two attached hydrogens (primary N) is 2. The van der Waals surface area contributed by atoms with Crippen molar-refractivity contribution in [3.8, 4) is 0 Å². The molecule has 0 saturated carbocycles. The first-order valence-corrected chi connectivity index (χ1v) is 4.24. The monoisotopic (exact) mass is 180 g/mol. The van der Waals surface area contributed by atoms with Crippen LogP contribution in [0.4, 0.5) is 0 Å². The van der Waals surface area contributed by atoms with Gasteiger partial charge in [-0.05, 0) is 0 Å². The van der Waals surface area contributed by atoms with Crippen molar-refractivity contribution in [2.24, 2.45) is 11.5 Å². The lowest BCUT2D eigenvalue weighted by molar-refractivity contribution is 1.71. The molecule has 52 valence electrons. The Morgan fingerprint density at radius 1 is 1.11 bits per heavy atom. The molecule has 0 rings (SSSR count). The highest BCUT2D eigenvalue weighted by molar-refractivity contribution is 8.02. The first-order valence-electron chi connectivity index (χ1n) is 2.27. The minimum atomic E-state index is 0.497. The summed E-state index contributed by atoms with van der Waals surface area (Å²) in [5, 5.41) is 0. The SMILES string of the molecule is NC(=S)CSCC(N)=S. The fourth-order valence-corrected chi connectivity index (χ4v) is 1.26. The van der Waals surface area contributed by atoms with Crippen molar-refractivity contribution in [1.29, 1.82) is 0 Å². The molecule has 4 N–H and O–H groups in total. The van der Waals surface area contributed by atoms with Crippen molar-refractivity contribution >= 4 is 46.2 Å². The number of thioether (sulfide) groups is 1. The lowest BCUT2D eigenvalue weighted by Gasteiger charge is -1.95. The molecule has 0 radical (unpaired) electrons. The summed E-state index contributed by atoms with van der Waals surface area (Å²) < 4.78 is 0. The van der Waals surface area contributed by atoms with Crippen molar-refractivity contribution < 1.29 is 0 Å². The van der Waals surface area contributed by atoms with Crippen LogP contribution < -0.4 is 11.5 Å². The molecule has 0 aromatic rings. The molecule has 0 saturated heterocycles. The molecule has 0 spiro atoms. The van der Waals surface area contributed by atoms with E-state index in [2.05, 4.69) is 24.4 Å². The fraction of sp³-hybridized carbons (Fsp3) is 0.500. The summed E-state index contributed by atoms with van der Waals surface area (Å²) in [7, 11) is 0. The van der Waals surface area contributed by atoms with Gasteiger partial charge in [0.1, 0.15) is 0 Å². The third kappa shape index (κ3) is 8.13. The molecule has 0 heterocycles. The molecular weight excluding hydrogens is 172 g/mol. The van der Waals surface area contributed by atoms with Gasteiger partial charge in [0.2, 0.25) is 0 Å². The zero-order chi connectivity index (χ0) is 7.28. The Bertz CT molecular complexity index is 109. The molecule has 5 heteroatoms. The Hall–Kier alpha value is 0.130. The van der Waals surface area contributed by atoms with E-state index in [0.29, 0.717) is 21.5 Å². The first kappa shape index (κ1) is 9.13. The van der Waals surface area contributed by atoms with Crippen LogP contribution in [-0.4, -0.2) is 21.5 Å². The summed E-state index contributed by atoms with van der Waals surface area (Å²) in [5.74, 6) is 1.32. The largest absolute Gasteiger partial charge is 0.393 e. The highest BCUT2D eigenvalue weighted by Gasteiger charge is 1.91. The molecule has 0 aromatic heterocycles. The second kappa shape index (κ2) is 4.96. The van der Waals surface area contributed by atoms with Gasteiger partial charge in [0, 0.05) is 11.5 Å². The Kier molecular flexibility index (Phi) is 5.03. The number of hydrogen-bond acceptors (Lipinski definition) is 3. The molecule has 0 aromatic carbocycles. The van der Waals surface area contributed by atoms with Crippen LogP contribution in [0.25, 0.3) is 0 Å². The van der Waals surface area contributed by atoms with Gasteiger partial charge in [-0.2, -0.15) is 0 Å². The molecule has 0 aliphatic carbocycles. The molecular formula is C4H8N2S3. The zero-order valence-electron chi connectivity index (χ0n) is 4.79. The molecule has 9 heavy (non-hydrogen) atoms. The smallest absolute Gasteiger partial charge is 0.0827 e. The molecule has 0 aliphatic heterocycles. The normalized spacial score (nSPS) is 8.89. The van der Waals surface area contributed by atoms with Crippen molar-refractivity contribution in [3.63, 3.8) is 0 Å². The summed E-state index contributed by atoms with van der Waals surface area (Å²) in [4.78, 5) is 0.993. The van der Waals surface area contributed by atoms with Crippen LogP contribution in [0.15, 0.2) is 0 Å². The maximum Gasteiger partial charge on any atom is 0.0827 e. The molecule has 0 fully saturated rings. The summed E-state index contributed by atoms with van der Waals surface area (Å²) >= 11 is 10.8. The van der Waals surface area contributed by atoms with Crippen LogP contribution in [0.3, 0.4) is 0 Å². The highest BCUT2D eigenvalue weighted by atomic mass is 32.2. The van der Waals surface area contributed by atoms with E-state index in [9.17, 15) is 0 Å². The number of hydrogen-bond donors (Lipinski definition) is 2. The first-order chi connectivity index (χ1) is 4.13. The van der Waals surface area contributed by atoms with Gasteiger partial charge in [-0.15, -0.1) is 11.8 Å². The van der Waals surface area contributed by atoms with Crippen LogP contribution in [0, 0.1) is 0 Å². The molecule has 2 nitrogen and oxygen atoms in total. The van der Waals surface area contributed by atoms with Crippen LogP contribution in [0.1, 0.15) is 0 Å². The Balaban J connectivity index is 3.10. The fourth-order valence-electron chi connectivity index (χ4n) is 0.252. The van der Waals surface area contributed by atoms with Crippen molar-refractivity contribution in [1.82, 2.24) is 0 Å². The standard InChI is InChI=1S/C4H8N2S3/c5-3(7)1-9-2-4(6)8/h1-2H2,(H2,5,7)(H2,6,8).